The number of carbonyl (C=O) groups excluding carboxylic acids is 1. The van der Waals surface area contributed by atoms with Gasteiger partial charge in [-0.1, -0.05) is 29.3 Å². The number of hydrogen-bond acceptors (Lipinski definition) is 2. The van der Waals surface area contributed by atoms with Crippen LogP contribution in [0.15, 0.2) is 18.2 Å². The van der Waals surface area contributed by atoms with Crippen LogP contribution in [0.5, 0.6) is 0 Å². The highest BCUT2D eigenvalue weighted by Crippen LogP contribution is 2.36. The predicted octanol–water partition coefficient (Wildman–Crippen LogP) is 3.37. The van der Waals surface area contributed by atoms with Gasteiger partial charge >= 0.3 is 0 Å². The number of likely N-dealkylation sites (tertiary alicyclic amines) is 1. The highest BCUT2D eigenvalue weighted by molar-refractivity contribution is 5.76. The van der Waals surface area contributed by atoms with Crippen molar-refractivity contribution in [3.05, 3.63) is 34.9 Å². The number of hydrogen-bond donors (Lipinski definition) is 0. The molecule has 1 aromatic rings. The fourth-order valence-electron chi connectivity index (χ4n) is 3.78. The second kappa shape index (κ2) is 5.80. The molecule has 1 spiro atoms. The van der Waals surface area contributed by atoms with E-state index in [0.717, 1.165) is 45.4 Å². The van der Waals surface area contributed by atoms with Crippen LogP contribution in [0.1, 0.15) is 48.8 Å². The predicted molar refractivity (Wildman–Crippen MR) is 83.1 cm³/mol. The van der Waals surface area contributed by atoms with E-state index in [4.69, 9.17) is 4.74 Å². The van der Waals surface area contributed by atoms with Gasteiger partial charge in [0.25, 0.3) is 0 Å². The molecule has 0 N–H and O–H groups in total. The lowest BCUT2D eigenvalue weighted by Crippen LogP contribution is -2.32. The average molecular weight is 287 g/mol. The molecule has 0 bridgehead atoms. The number of aryl methyl sites for hydroxylation is 2. The topological polar surface area (TPSA) is 29.5 Å². The van der Waals surface area contributed by atoms with Crippen LogP contribution in [0, 0.1) is 13.8 Å². The Kier molecular flexibility index (Phi) is 4.03. The van der Waals surface area contributed by atoms with Crippen LogP contribution in [0.3, 0.4) is 0 Å². The first kappa shape index (κ1) is 14.6. The molecule has 0 aliphatic carbocycles. The zero-order valence-electron chi connectivity index (χ0n) is 13.2. The first-order chi connectivity index (χ1) is 10.1. The van der Waals surface area contributed by atoms with Crippen molar-refractivity contribution >= 4 is 5.91 Å². The Hall–Kier alpha value is -1.35. The molecule has 3 heteroatoms. The Morgan fingerprint density at radius 3 is 2.57 bits per heavy atom. The molecule has 3 rings (SSSR count). The number of amides is 1. The molecule has 2 fully saturated rings. The molecule has 0 saturated carbocycles. The second-order valence-corrected chi connectivity index (χ2v) is 6.70. The molecular formula is C18H25NO2. The zero-order valence-corrected chi connectivity index (χ0v) is 13.2. The van der Waals surface area contributed by atoms with E-state index in [1.807, 2.05) is 4.90 Å². The SMILES string of the molecule is Cc1cc(C)cc(CN2CCC3(CCCO3)CCC2=O)c1. The van der Waals surface area contributed by atoms with Crippen molar-refractivity contribution in [3.8, 4) is 0 Å². The first-order valence-electron chi connectivity index (χ1n) is 8.05. The lowest BCUT2D eigenvalue weighted by atomic mass is 9.92. The Bertz CT molecular complexity index is 512. The Morgan fingerprint density at radius 1 is 1.14 bits per heavy atom. The highest BCUT2D eigenvalue weighted by atomic mass is 16.5. The van der Waals surface area contributed by atoms with Gasteiger partial charge in [-0.2, -0.15) is 0 Å². The van der Waals surface area contributed by atoms with Crippen LogP contribution in [-0.2, 0) is 16.1 Å². The Labute approximate surface area is 127 Å². The minimum Gasteiger partial charge on any atom is -0.375 e. The number of nitrogens with zero attached hydrogens (tertiary/aromatic N) is 1. The molecule has 114 valence electrons. The van der Waals surface area contributed by atoms with E-state index in [0.29, 0.717) is 6.42 Å². The van der Waals surface area contributed by atoms with E-state index in [-0.39, 0.29) is 11.5 Å². The van der Waals surface area contributed by atoms with Crippen molar-refractivity contribution in [2.45, 2.75) is 58.1 Å². The standard InChI is InChI=1S/C18H25NO2/c1-14-10-15(2)12-16(11-14)13-19-8-7-18(5-3-9-21-18)6-4-17(19)20/h10-12H,3-9,13H2,1-2H3. The van der Waals surface area contributed by atoms with Crippen LogP contribution in [0.4, 0.5) is 0 Å². The van der Waals surface area contributed by atoms with Crippen molar-refractivity contribution in [3.63, 3.8) is 0 Å². The fraction of sp³-hybridized carbons (Fsp3) is 0.611. The number of benzene rings is 1. The molecule has 2 aliphatic heterocycles. The smallest absolute Gasteiger partial charge is 0.222 e. The van der Waals surface area contributed by atoms with Gasteiger partial charge in [0.2, 0.25) is 5.91 Å². The molecule has 2 aliphatic rings. The van der Waals surface area contributed by atoms with Gasteiger partial charge in [-0.05, 0) is 45.1 Å². The number of rotatable bonds is 2. The largest absolute Gasteiger partial charge is 0.375 e. The van der Waals surface area contributed by atoms with Crippen molar-refractivity contribution in [2.75, 3.05) is 13.2 Å². The van der Waals surface area contributed by atoms with Crippen LogP contribution in [0.2, 0.25) is 0 Å². The summed E-state index contributed by atoms with van der Waals surface area (Å²) in [5, 5.41) is 0. The van der Waals surface area contributed by atoms with E-state index in [1.54, 1.807) is 0 Å². The van der Waals surface area contributed by atoms with Crippen LogP contribution in [0.25, 0.3) is 0 Å². The van der Waals surface area contributed by atoms with Crippen molar-refractivity contribution in [1.29, 1.82) is 0 Å². The maximum Gasteiger partial charge on any atom is 0.222 e. The Morgan fingerprint density at radius 2 is 1.90 bits per heavy atom. The van der Waals surface area contributed by atoms with Crippen molar-refractivity contribution in [2.24, 2.45) is 0 Å². The summed E-state index contributed by atoms with van der Waals surface area (Å²) in [6.07, 6.45) is 4.78. The molecule has 0 radical (unpaired) electrons. The molecule has 2 heterocycles. The van der Waals surface area contributed by atoms with Gasteiger partial charge in [0.15, 0.2) is 0 Å². The summed E-state index contributed by atoms with van der Waals surface area (Å²) in [4.78, 5) is 14.4. The normalized spacial score (nSPS) is 26.4. The zero-order chi connectivity index (χ0) is 14.9. The minimum absolute atomic E-state index is 0.00701. The minimum atomic E-state index is -0.00701. The molecule has 3 nitrogen and oxygen atoms in total. The summed E-state index contributed by atoms with van der Waals surface area (Å²) >= 11 is 0. The van der Waals surface area contributed by atoms with Gasteiger partial charge in [0.05, 0.1) is 5.60 Å². The fourth-order valence-corrected chi connectivity index (χ4v) is 3.78. The van der Waals surface area contributed by atoms with E-state index < -0.39 is 0 Å². The molecule has 1 aromatic carbocycles. The third kappa shape index (κ3) is 3.29. The first-order valence-corrected chi connectivity index (χ1v) is 8.05. The van der Waals surface area contributed by atoms with Gasteiger partial charge in [-0.3, -0.25) is 4.79 Å². The van der Waals surface area contributed by atoms with Gasteiger partial charge in [-0.15, -0.1) is 0 Å². The van der Waals surface area contributed by atoms with Gasteiger partial charge in [-0.25, -0.2) is 0 Å². The molecule has 2 saturated heterocycles. The van der Waals surface area contributed by atoms with E-state index in [1.165, 1.54) is 16.7 Å². The number of ether oxygens (including phenoxy) is 1. The maximum atomic E-state index is 12.4. The molecule has 1 unspecified atom stereocenters. The number of carbonyl (C=O) groups is 1. The van der Waals surface area contributed by atoms with Crippen molar-refractivity contribution in [1.82, 2.24) is 4.90 Å². The second-order valence-electron chi connectivity index (χ2n) is 6.70. The molecular weight excluding hydrogens is 262 g/mol. The molecule has 0 aromatic heterocycles. The summed E-state index contributed by atoms with van der Waals surface area (Å²) in [6, 6.07) is 6.55. The summed E-state index contributed by atoms with van der Waals surface area (Å²) in [6.45, 7) is 6.65. The maximum absolute atomic E-state index is 12.4. The van der Waals surface area contributed by atoms with Gasteiger partial charge < -0.3 is 9.64 Å². The third-order valence-electron chi connectivity index (χ3n) is 4.82. The highest BCUT2D eigenvalue weighted by Gasteiger charge is 2.38. The van der Waals surface area contributed by atoms with Crippen LogP contribution < -0.4 is 0 Å². The van der Waals surface area contributed by atoms with Gasteiger partial charge in [0, 0.05) is 26.1 Å². The lowest BCUT2D eigenvalue weighted by Gasteiger charge is -2.26. The van der Waals surface area contributed by atoms with Crippen LogP contribution >= 0.6 is 0 Å². The quantitative estimate of drug-likeness (QED) is 0.834. The molecule has 21 heavy (non-hydrogen) atoms. The van der Waals surface area contributed by atoms with Crippen LogP contribution in [-0.4, -0.2) is 29.6 Å². The third-order valence-corrected chi connectivity index (χ3v) is 4.82. The molecule has 1 atom stereocenters. The van der Waals surface area contributed by atoms with E-state index in [2.05, 4.69) is 32.0 Å². The monoisotopic (exact) mass is 287 g/mol. The molecule has 1 amide bonds. The summed E-state index contributed by atoms with van der Waals surface area (Å²) in [7, 11) is 0. The van der Waals surface area contributed by atoms with Gasteiger partial charge in [0.1, 0.15) is 0 Å². The van der Waals surface area contributed by atoms with E-state index >= 15 is 0 Å². The summed E-state index contributed by atoms with van der Waals surface area (Å²) in [5.74, 6) is 0.279. The van der Waals surface area contributed by atoms with E-state index in [9.17, 15) is 4.79 Å². The van der Waals surface area contributed by atoms with Crippen molar-refractivity contribution < 1.29 is 9.53 Å². The summed E-state index contributed by atoms with van der Waals surface area (Å²) in [5.41, 5.74) is 3.77. The summed E-state index contributed by atoms with van der Waals surface area (Å²) < 4.78 is 5.97. The Balaban J connectivity index is 1.71. The lowest BCUT2D eigenvalue weighted by molar-refractivity contribution is -0.131. The average Bonchev–Trinajstić information content (AvgIpc) is 2.83.